The highest BCUT2D eigenvalue weighted by atomic mass is 19.2. The van der Waals surface area contributed by atoms with E-state index in [0.29, 0.717) is 18.7 Å². The number of hydrogen-bond donors (Lipinski definition) is 0. The third-order valence-corrected chi connectivity index (χ3v) is 7.97. The molecule has 4 nitrogen and oxygen atoms in total. The first-order valence-electron chi connectivity index (χ1n) is 12.9. The summed E-state index contributed by atoms with van der Waals surface area (Å²) in [5, 5.41) is 0. The second-order valence-electron chi connectivity index (χ2n) is 11.4. The van der Waals surface area contributed by atoms with E-state index in [1.54, 1.807) is 13.2 Å². The van der Waals surface area contributed by atoms with Gasteiger partial charge in [0.05, 0.1) is 7.11 Å². The van der Waals surface area contributed by atoms with Gasteiger partial charge >= 0.3 is 0 Å². The number of amides is 1. The molecule has 194 valence electrons. The molecule has 0 aromatic heterocycles. The summed E-state index contributed by atoms with van der Waals surface area (Å²) in [6, 6.07) is 18.1. The van der Waals surface area contributed by atoms with E-state index >= 15 is 0 Å². The Balaban J connectivity index is 1.38. The van der Waals surface area contributed by atoms with Crippen LogP contribution in [0.15, 0.2) is 60.7 Å². The number of anilines is 1. The maximum absolute atomic E-state index is 13.7. The molecule has 3 aromatic carbocycles. The van der Waals surface area contributed by atoms with Crippen molar-refractivity contribution in [2.75, 3.05) is 31.6 Å². The van der Waals surface area contributed by atoms with Crippen LogP contribution >= 0.6 is 0 Å². The Labute approximate surface area is 217 Å². The lowest BCUT2D eigenvalue weighted by Crippen LogP contribution is -2.45. The minimum atomic E-state index is -0.823. The van der Waals surface area contributed by atoms with Crippen molar-refractivity contribution in [1.82, 2.24) is 4.90 Å². The number of benzene rings is 3. The van der Waals surface area contributed by atoms with Crippen molar-refractivity contribution < 1.29 is 18.3 Å². The molecule has 0 aliphatic carbocycles. The molecule has 0 atom stereocenters. The van der Waals surface area contributed by atoms with E-state index in [9.17, 15) is 13.6 Å². The molecule has 0 saturated carbocycles. The van der Waals surface area contributed by atoms with E-state index in [-0.39, 0.29) is 16.7 Å². The van der Waals surface area contributed by atoms with E-state index in [2.05, 4.69) is 31.7 Å². The van der Waals surface area contributed by atoms with Crippen molar-refractivity contribution in [3.05, 3.63) is 94.6 Å². The Morgan fingerprint density at radius 3 is 2.27 bits per heavy atom. The van der Waals surface area contributed by atoms with Crippen LogP contribution in [0.5, 0.6) is 5.75 Å². The summed E-state index contributed by atoms with van der Waals surface area (Å²) in [6.45, 7) is 9.29. The van der Waals surface area contributed by atoms with Gasteiger partial charge in [0.2, 0.25) is 0 Å². The first-order valence-corrected chi connectivity index (χ1v) is 12.9. The van der Waals surface area contributed by atoms with Crippen molar-refractivity contribution in [2.45, 2.75) is 51.0 Å². The van der Waals surface area contributed by atoms with Crippen LogP contribution in [0.2, 0.25) is 0 Å². The normalized spacial score (nSPS) is 17.2. The maximum atomic E-state index is 13.7. The van der Waals surface area contributed by atoms with E-state index < -0.39 is 11.6 Å². The Hall–Kier alpha value is -3.25. The fraction of sp³-hybridized carbons (Fsp3) is 0.387. The third kappa shape index (κ3) is 4.87. The van der Waals surface area contributed by atoms with Gasteiger partial charge in [-0.15, -0.1) is 0 Å². The smallest absolute Gasteiger partial charge is 0.258 e. The highest BCUT2D eigenvalue weighted by Crippen LogP contribution is 2.49. The molecule has 2 aliphatic rings. The molecule has 0 bridgehead atoms. The number of carbonyl (C=O) groups excluding carboxylic acids is 1. The zero-order valence-corrected chi connectivity index (χ0v) is 22.0. The van der Waals surface area contributed by atoms with Crippen molar-refractivity contribution in [2.24, 2.45) is 0 Å². The van der Waals surface area contributed by atoms with Crippen molar-refractivity contribution >= 4 is 11.6 Å². The fourth-order valence-corrected chi connectivity index (χ4v) is 5.69. The monoisotopic (exact) mass is 504 g/mol. The van der Waals surface area contributed by atoms with E-state index in [1.807, 2.05) is 41.3 Å². The maximum Gasteiger partial charge on any atom is 0.258 e. The number of carbonyl (C=O) groups is 1. The molecule has 37 heavy (non-hydrogen) atoms. The first-order chi connectivity index (χ1) is 17.6. The van der Waals surface area contributed by atoms with Gasteiger partial charge in [0.15, 0.2) is 11.6 Å². The zero-order valence-electron chi connectivity index (χ0n) is 22.0. The average Bonchev–Trinajstić information content (AvgIpc) is 3.20. The average molecular weight is 505 g/mol. The van der Waals surface area contributed by atoms with Gasteiger partial charge in [-0.25, -0.2) is 8.78 Å². The molecule has 1 amide bonds. The Morgan fingerprint density at radius 1 is 0.946 bits per heavy atom. The molecule has 0 unspecified atom stereocenters. The van der Waals surface area contributed by atoms with Gasteiger partial charge in [0.1, 0.15) is 5.75 Å². The Morgan fingerprint density at radius 2 is 1.65 bits per heavy atom. The topological polar surface area (TPSA) is 32.8 Å². The minimum Gasteiger partial charge on any atom is -0.497 e. The lowest BCUT2D eigenvalue weighted by molar-refractivity contribution is 0.0975. The Kier molecular flexibility index (Phi) is 6.57. The standard InChI is InChI=1S/C31H34F2N2O2/c1-30(2,3)23-8-6-22(7-9-23)29(36)35-20-31(25-18-24(37-4)10-12-28(25)35)13-15-34(16-14-31)19-21-5-11-26(32)27(33)17-21/h5-12,17-18H,13-16,19-20H2,1-4H3. The van der Waals surface area contributed by atoms with Crippen LogP contribution in [0.25, 0.3) is 0 Å². The minimum absolute atomic E-state index is 0.00738. The van der Waals surface area contributed by atoms with Crippen LogP contribution in [0.3, 0.4) is 0 Å². The number of piperidine rings is 1. The number of methoxy groups -OCH3 is 1. The molecule has 1 fully saturated rings. The number of ether oxygens (including phenoxy) is 1. The lowest BCUT2D eigenvalue weighted by Gasteiger charge is -2.40. The molecule has 6 heteroatoms. The van der Waals surface area contributed by atoms with Gasteiger partial charge in [-0.05, 0) is 90.5 Å². The molecule has 5 rings (SSSR count). The summed E-state index contributed by atoms with van der Waals surface area (Å²) < 4.78 is 32.6. The predicted molar refractivity (Wildman–Crippen MR) is 142 cm³/mol. The molecule has 3 aromatic rings. The number of likely N-dealkylation sites (tertiary alicyclic amines) is 1. The van der Waals surface area contributed by atoms with Gasteiger partial charge in [-0.3, -0.25) is 9.69 Å². The molecule has 0 N–H and O–H groups in total. The second-order valence-corrected chi connectivity index (χ2v) is 11.4. The van der Waals surface area contributed by atoms with Crippen molar-refractivity contribution in [3.8, 4) is 5.75 Å². The third-order valence-electron chi connectivity index (χ3n) is 7.97. The van der Waals surface area contributed by atoms with Gasteiger partial charge in [-0.2, -0.15) is 0 Å². The molecule has 2 heterocycles. The molecule has 0 radical (unpaired) electrons. The van der Waals surface area contributed by atoms with E-state index in [0.717, 1.165) is 48.5 Å². The molecule has 1 saturated heterocycles. The number of hydrogen-bond acceptors (Lipinski definition) is 3. The molecule has 2 aliphatic heterocycles. The van der Waals surface area contributed by atoms with Gasteiger partial charge in [-0.1, -0.05) is 39.0 Å². The quantitative estimate of drug-likeness (QED) is 0.409. The number of nitrogens with zero attached hydrogens (tertiary/aromatic N) is 2. The summed E-state index contributed by atoms with van der Waals surface area (Å²) in [5.74, 6) is -0.845. The molecular formula is C31H34F2N2O2. The van der Waals surface area contributed by atoms with Crippen LogP contribution in [-0.4, -0.2) is 37.6 Å². The zero-order chi connectivity index (χ0) is 26.4. The Bertz CT molecular complexity index is 1310. The number of fused-ring (bicyclic) bond motifs is 2. The SMILES string of the molecule is COc1ccc2c(c1)C1(CCN(Cc3ccc(F)c(F)c3)CC1)CN2C(=O)c1ccc(C(C)(C)C)cc1. The first kappa shape index (κ1) is 25.4. The van der Waals surface area contributed by atoms with Gasteiger partial charge in [0.25, 0.3) is 5.91 Å². The summed E-state index contributed by atoms with van der Waals surface area (Å²) in [6.07, 6.45) is 1.73. The highest BCUT2D eigenvalue weighted by Gasteiger charge is 2.46. The lowest BCUT2D eigenvalue weighted by atomic mass is 9.74. The number of rotatable bonds is 4. The fourth-order valence-electron chi connectivity index (χ4n) is 5.69. The largest absolute Gasteiger partial charge is 0.497 e. The molecule has 1 spiro atoms. The van der Waals surface area contributed by atoms with Crippen LogP contribution in [-0.2, 0) is 17.4 Å². The summed E-state index contributed by atoms with van der Waals surface area (Å²) in [7, 11) is 1.66. The van der Waals surface area contributed by atoms with Crippen LogP contribution < -0.4 is 9.64 Å². The van der Waals surface area contributed by atoms with Crippen LogP contribution in [0.4, 0.5) is 14.5 Å². The van der Waals surface area contributed by atoms with E-state index in [4.69, 9.17) is 4.74 Å². The van der Waals surface area contributed by atoms with Crippen LogP contribution in [0, 0.1) is 11.6 Å². The highest BCUT2D eigenvalue weighted by molar-refractivity contribution is 6.07. The van der Waals surface area contributed by atoms with E-state index in [1.165, 1.54) is 17.7 Å². The summed E-state index contributed by atoms with van der Waals surface area (Å²) in [5.41, 5.74) is 4.59. The molecular weight excluding hydrogens is 470 g/mol. The van der Waals surface area contributed by atoms with Crippen LogP contribution in [0.1, 0.15) is 60.7 Å². The van der Waals surface area contributed by atoms with Gasteiger partial charge < -0.3 is 9.64 Å². The van der Waals surface area contributed by atoms with Crippen molar-refractivity contribution in [3.63, 3.8) is 0 Å². The summed E-state index contributed by atoms with van der Waals surface area (Å²) in [4.78, 5) is 17.9. The number of halogens is 2. The summed E-state index contributed by atoms with van der Waals surface area (Å²) >= 11 is 0. The predicted octanol–water partition coefficient (Wildman–Crippen LogP) is 6.47. The van der Waals surface area contributed by atoms with Crippen molar-refractivity contribution in [1.29, 1.82) is 0 Å². The second kappa shape index (κ2) is 9.56. The van der Waals surface area contributed by atoms with Gasteiger partial charge in [0, 0.05) is 29.8 Å².